The Balaban J connectivity index is 1.76. The van der Waals surface area contributed by atoms with E-state index in [0.29, 0.717) is 23.3 Å². The molecule has 0 aliphatic heterocycles. The van der Waals surface area contributed by atoms with E-state index in [9.17, 15) is 4.79 Å². The third-order valence-electron chi connectivity index (χ3n) is 4.10. The van der Waals surface area contributed by atoms with Crippen molar-refractivity contribution in [3.8, 4) is 11.5 Å². The van der Waals surface area contributed by atoms with E-state index in [1.165, 1.54) is 32.1 Å². The maximum Gasteiger partial charge on any atom is 0.419 e. The molecule has 0 saturated carbocycles. The first kappa shape index (κ1) is 22.0. The fraction of sp³-hybridized carbons (Fsp3) is 0.364. The number of nitrogens with zero attached hydrogens (tertiary/aromatic N) is 4. The second-order valence-corrected chi connectivity index (χ2v) is 6.47. The minimum atomic E-state index is -0.763. The molecular weight excluding hydrogens is 368 g/mol. The van der Waals surface area contributed by atoms with Crippen molar-refractivity contribution < 1.29 is 19.1 Å². The summed E-state index contributed by atoms with van der Waals surface area (Å²) in [5, 5.41) is 8.33. The molecule has 0 saturated heterocycles. The monoisotopic (exact) mass is 394 g/mol. The van der Waals surface area contributed by atoms with Crippen LogP contribution >= 0.6 is 0 Å². The van der Waals surface area contributed by atoms with Crippen LogP contribution in [0.15, 0.2) is 58.8 Å². The zero-order valence-corrected chi connectivity index (χ0v) is 16.7. The molecule has 0 bridgehead atoms. The van der Waals surface area contributed by atoms with Crippen molar-refractivity contribution >= 4 is 23.6 Å². The largest absolute Gasteiger partial charge is 0.494 e. The van der Waals surface area contributed by atoms with Gasteiger partial charge in [-0.2, -0.15) is 15.0 Å². The minimum absolute atomic E-state index is 0.320. The first-order chi connectivity index (χ1) is 14.2. The number of carbonyl (C=O) groups is 1. The third kappa shape index (κ3) is 8.95. The lowest BCUT2D eigenvalue weighted by atomic mass is 10.1. The van der Waals surface area contributed by atoms with Gasteiger partial charge in [0.1, 0.15) is 11.5 Å². The lowest BCUT2D eigenvalue weighted by molar-refractivity contribution is -0.130. The predicted molar refractivity (Wildman–Crippen MR) is 111 cm³/mol. The topological polar surface area (TPSA) is 96.7 Å². The lowest BCUT2D eigenvalue weighted by Crippen LogP contribution is -2.09. The van der Waals surface area contributed by atoms with Crippen LogP contribution in [0, 0.1) is 0 Å². The van der Waals surface area contributed by atoms with Crippen molar-refractivity contribution in [1.29, 1.82) is 0 Å². The smallest absolute Gasteiger partial charge is 0.419 e. The number of hydrogen-bond donors (Lipinski definition) is 0. The lowest BCUT2D eigenvalue weighted by Gasteiger charge is -2.06. The predicted octanol–water partition coefficient (Wildman–Crippen LogP) is 6.05. The number of benzene rings is 2. The van der Waals surface area contributed by atoms with Gasteiger partial charge in [0.05, 0.1) is 18.0 Å². The number of hydrogen-bond acceptors (Lipinski definition) is 5. The molecule has 2 aromatic carbocycles. The van der Waals surface area contributed by atoms with Gasteiger partial charge in [0.2, 0.25) is 0 Å². The maximum atomic E-state index is 11.2. The van der Waals surface area contributed by atoms with Crippen LogP contribution < -0.4 is 9.47 Å². The molecule has 2 rings (SSSR count). The highest BCUT2D eigenvalue weighted by Crippen LogP contribution is 2.23. The number of ether oxygens (including phenoxy) is 2. The van der Waals surface area contributed by atoms with Gasteiger partial charge in [0.25, 0.3) is 0 Å². The Morgan fingerprint density at radius 2 is 1.45 bits per heavy atom. The van der Waals surface area contributed by atoms with Gasteiger partial charge in [-0.1, -0.05) is 39.0 Å². The highest BCUT2D eigenvalue weighted by atomic mass is 16.5. The van der Waals surface area contributed by atoms with Crippen molar-refractivity contribution in [3.05, 3.63) is 54.1 Å². The molecular formula is C22H26N4O3. The number of azo groups is 1. The van der Waals surface area contributed by atoms with Gasteiger partial charge in [0.15, 0.2) is 0 Å². The molecule has 0 aliphatic rings. The van der Waals surface area contributed by atoms with Crippen LogP contribution in [-0.2, 0) is 4.79 Å². The molecule has 29 heavy (non-hydrogen) atoms. The van der Waals surface area contributed by atoms with Gasteiger partial charge in [-0.05, 0) is 55.0 Å². The highest BCUT2D eigenvalue weighted by Gasteiger charge is 2.05. The SMILES string of the molecule is CCCCCCCCOc1ccc(N=Nc2ccc(OC(=O)C=[N+]=[N-])cc2)cc1. The van der Waals surface area contributed by atoms with E-state index in [2.05, 4.69) is 21.9 Å². The second kappa shape index (κ2) is 13.0. The number of carbonyl (C=O) groups excluding carboxylic acids is 1. The van der Waals surface area contributed by atoms with Crippen molar-refractivity contribution in [2.45, 2.75) is 45.4 Å². The Labute approximate surface area is 171 Å². The molecule has 0 N–H and O–H groups in total. The van der Waals surface area contributed by atoms with Crippen LogP contribution in [-0.4, -0.2) is 23.6 Å². The maximum absolute atomic E-state index is 11.2. The second-order valence-electron chi connectivity index (χ2n) is 6.47. The van der Waals surface area contributed by atoms with Crippen molar-refractivity contribution in [2.24, 2.45) is 10.2 Å². The minimum Gasteiger partial charge on any atom is -0.494 e. The molecule has 2 aromatic rings. The van der Waals surface area contributed by atoms with Gasteiger partial charge in [-0.25, -0.2) is 4.79 Å². The average Bonchev–Trinajstić information content (AvgIpc) is 2.73. The molecule has 0 atom stereocenters. The van der Waals surface area contributed by atoms with Crippen molar-refractivity contribution in [3.63, 3.8) is 0 Å². The number of unbranched alkanes of at least 4 members (excludes halogenated alkanes) is 5. The molecule has 7 heteroatoms. The summed E-state index contributed by atoms with van der Waals surface area (Å²) in [7, 11) is 0. The molecule has 0 fully saturated rings. The van der Waals surface area contributed by atoms with E-state index in [1.807, 2.05) is 24.3 Å². The van der Waals surface area contributed by atoms with Crippen LogP contribution in [0.2, 0.25) is 0 Å². The zero-order valence-electron chi connectivity index (χ0n) is 16.7. The van der Waals surface area contributed by atoms with Crippen LogP contribution in [0.5, 0.6) is 11.5 Å². The Bertz CT molecular complexity index is 826. The summed E-state index contributed by atoms with van der Waals surface area (Å²) in [5.41, 5.74) is 9.61. The summed E-state index contributed by atoms with van der Waals surface area (Å²) < 4.78 is 10.7. The van der Waals surface area contributed by atoms with Crippen LogP contribution in [0.4, 0.5) is 11.4 Å². The van der Waals surface area contributed by atoms with E-state index in [4.69, 9.17) is 15.0 Å². The summed E-state index contributed by atoms with van der Waals surface area (Å²) in [6, 6.07) is 14.0. The van der Waals surface area contributed by atoms with Crippen molar-refractivity contribution in [2.75, 3.05) is 6.61 Å². The van der Waals surface area contributed by atoms with Crippen LogP contribution in [0.3, 0.4) is 0 Å². The highest BCUT2D eigenvalue weighted by molar-refractivity contribution is 6.21. The molecule has 0 heterocycles. The molecule has 7 nitrogen and oxygen atoms in total. The fourth-order valence-corrected chi connectivity index (χ4v) is 2.57. The summed E-state index contributed by atoms with van der Waals surface area (Å²) in [4.78, 5) is 13.8. The Hall–Kier alpha value is -3.31. The normalized spacial score (nSPS) is 10.5. The van der Waals surface area contributed by atoms with Gasteiger partial charge < -0.3 is 15.0 Å². The van der Waals surface area contributed by atoms with E-state index in [0.717, 1.165) is 18.8 Å². The standard InChI is InChI=1S/C22H26N4O3/c1-2-3-4-5-6-7-16-28-20-12-8-18(9-13-20)25-26-19-10-14-21(15-11-19)29-22(27)17-24-23/h8-15,17H,2-7,16H2,1H3. The molecule has 0 amide bonds. The Morgan fingerprint density at radius 3 is 2.03 bits per heavy atom. The summed E-state index contributed by atoms with van der Waals surface area (Å²) in [6.45, 7) is 2.95. The van der Waals surface area contributed by atoms with E-state index >= 15 is 0 Å². The average molecular weight is 394 g/mol. The quantitative estimate of drug-likeness (QED) is 0.109. The molecule has 152 valence electrons. The van der Waals surface area contributed by atoms with Gasteiger partial charge in [-0.15, -0.1) is 0 Å². The van der Waals surface area contributed by atoms with Gasteiger partial charge in [0, 0.05) is 0 Å². The van der Waals surface area contributed by atoms with Gasteiger partial charge in [-0.3, -0.25) is 0 Å². The first-order valence-corrected chi connectivity index (χ1v) is 9.85. The summed E-state index contributed by atoms with van der Waals surface area (Å²) >= 11 is 0. The summed E-state index contributed by atoms with van der Waals surface area (Å²) in [6.07, 6.45) is 8.12. The zero-order chi connectivity index (χ0) is 20.7. The molecule has 0 aromatic heterocycles. The summed E-state index contributed by atoms with van der Waals surface area (Å²) in [5.74, 6) is 0.386. The third-order valence-corrected chi connectivity index (χ3v) is 4.10. The van der Waals surface area contributed by atoms with Crippen LogP contribution in [0.25, 0.3) is 5.53 Å². The Morgan fingerprint density at radius 1 is 0.897 bits per heavy atom. The Kier molecular flexibility index (Phi) is 9.83. The molecule has 0 radical (unpaired) electrons. The van der Waals surface area contributed by atoms with Crippen LogP contribution in [0.1, 0.15) is 45.4 Å². The first-order valence-electron chi connectivity index (χ1n) is 9.85. The number of esters is 1. The molecule has 0 unspecified atom stereocenters. The van der Waals surface area contributed by atoms with E-state index in [-0.39, 0.29) is 0 Å². The molecule has 0 aliphatic carbocycles. The van der Waals surface area contributed by atoms with Gasteiger partial charge >= 0.3 is 12.2 Å². The molecule has 0 spiro atoms. The van der Waals surface area contributed by atoms with E-state index < -0.39 is 5.97 Å². The van der Waals surface area contributed by atoms with E-state index in [1.54, 1.807) is 24.3 Å². The fourth-order valence-electron chi connectivity index (χ4n) is 2.57. The van der Waals surface area contributed by atoms with Crippen molar-refractivity contribution in [1.82, 2.24) is 0 Å². The number of rotatable bonds is 12.